The minimum Gasteiger partial charge on any atom is -0.483 e. The molecule has 0 radical (unpaired) electrons. The second-order valence-electron chi connectivity index (χ2n) is 7.21. The quantitative estimate of drug-likeness (QED) is 0.561. The Kier molecular flexibility index (Phi) is 7.71. The molecule has 0 unspecified atom stereocenters. The first-order valence-corrected chi connectivity index (χ1v) is 9.36. The molecule has 0 saturated carbocycles. The van der Waals surface area contributed by atoms with Gasteiger partial charge in [0, 0.05) is 42.5 Å². The number of benzene rings is 1. The van der Waals surface area contributed by atoms with Gasteiger partial charge in [-0.3, -0.25) is 9.69 Å². The van der Waals surface area contributed by atoms with Crippen LogP contribution in [0.2, 0.25) is 0 Å². The normalized spacial score (nSPS) is 16.9. The standard InChI is InChI=1S/C19H22F4N4.CH2O2/c1-11(2)27-7-6-14(10-27)26-18-24-9-16(12(3)25-18)15-5-4-13(8-17(15)20)19(21,22)23;2-1-3/h4-5,8-9,11,14H,6-7,10H2,1-3H3,(H,24,25,26);1H,(H,2,3)/t14-;/m0./s1. The van der Waals surface area contributed by atoms with Crippen molar-refractivity contribution in [3.8, 4) is 11.1 Å². The van der Waals surface area contributed by atoms with Crippen LogP contribution >= 0.6 is 0 Å². The summed E-state index contributed by atoms with van der Waals surface area (Å²) in [5, 5.41) is 10.2. The second kappa shape index (κ2) is 9.84. The Morgan fingerprint density at radius 1 is 1.30 bits per heavy atom. The van der Waals surface area contributed by atoms with E-state index in [2.05, 4.69) is 34.0 Å². The monoisotopic (exact) mass is 428 g/mol. The third-order valence-corrected chi connectivity index (χ3v) is 4.85. The Labute approximate surface area is 172 Å². The van der Waals surface area contributed by atoms with Crippen LogP contribution in [0.5, 0.6) is 0 Å². The Morgan fingerprint density at radius 2 is 1.97 bits per heavy atom. The van der Waals surface area contributed by atoms with Crippen molar-refractivity contribution in [1.29, 1.82) is 0 Å². The first-order chi connectivity index (χ1) is 14.1. The van der Waals surface area contributed by atoms with Gasteiger partial charge in [0.1, 0.15) is 5.82 Å². The van der Waals surface area contributed by atoms with E-state index in [1.54, 1.807) is 6.92 Å². The molecule has 1 aromatic carbocycles. The number of halogens is 4. The molecule has 30 heavy (non-hydrogen) atoms. The highest BCUT2D eigenvalue weighted by atomic mass is 19.4. The Morgan fingerprint density at radius 3 is 2.47 bits per heavy atom. The van der Waals surface area contributed by atoms with Gasteiger partial charge in [-0.1, -0.05) is 6.07 Å². The van der Waals surface area contributed by atoms with E-state index in [1.807, 2.05) is 0 Å². The molecule has 0 aliphatic carbocycles. The molecule has 1 fully saturated rings. The lowest BCUT2D eigenvalue weighted by atomic mass is 10.0. The van der Waals surface area contributed by atoms with Crippen molar-refractivity contribution in [2.75, 3.05) is 18.4 Å². The van der Waals surface area contributed by atoms with Gasteiger partial charge in [-0.15, -0.1) is 0 Å². The number of nitrogens with one attached hydrogen (secondary N) is 1. The molecule has 6 nitrogen and oxygen atoms in total. The molecule has 1 aliphatic heterocycles. The molecule has 0 amide bonds. The maximum Gasteiger partial charge on any atom is 0.416 e. The second-order valence-corrected chi connectivity index (χ2v) is 7.21. The molecule has 1 aliphatic rings. The Balaban J connectivity index is 0.00000101. The molecule has 164 valence electrons. The number of aromatic nitrogens is 2. The summed E-state index contributed by atoms with van der Waals surface area (Å²) in [6.45, 7) is 7.64. The van der Waals surface area contributed by atoms with E-state index in [-0.39, 0.29) is 18.1 Å². The van der Waals surface area contributed by atoms with E-state index in [9.17, 15) is 17.6 Å². The number of likely N-dealkylation sites (tertiary alicyclic amines) is 1. The van der Waals surface area contributed by atoms with Crippen LogP contribution in [-0.2, 0) is 11.0 Å². The van der Waals surface area contributed by atoms with Crippen molar-refractivity contribution < 1.29 is 27.5 Å². The fraction of sp³-hybridized carbons (Fsp3) is 0.450. The SMILES string of the molecule is Cc1nc(N[C@H]2CCN(C(C)C)C2)ncc1-c1ccc(C(F)(F)F)cc1F.O=CO. The first kappa shape index (κ1) is 23.5. The number of alkyl halides is 3. The van der Waals surface area contributed by atoms with Gasteiger partial charge in [0.2, 0.25) is 5.95 Å². The molecule has 3 rings (SSSR count). The molecular formula is C20H24F4N4O2. The molecule has 2 heterocycles. The molecule has 10 heteroatoms. The van der Waals surface area contributed by atoms with E-state index in [0.29, 0.717) is 29.3 Å². The summed E-state index contributed by atoms with van der Waals surface area (Å²) < 4.78 is 52.3. The van der Waals surface area contributed by atoms with Crippen molar-refractivity contribution in [3.63, 3.8) is 0 Å². The van der Waals surface area contributed by atoms with Gasteiger partial charge in [-0.2, -0.15) is 13.2 Å². The van der Waals surface area contributed by atoms with Crippen LogP contribution in [0.15, 0.2) is 24.4 Å². The predicted octanol–water partition coefficient (Wildman–Crippen LogP) is 4.21. The number of rotatable bonds is 4. The van der Waals surface area contributed by atoms with Gasteiger partial charge in [0.05, 0.1) is 11.3 Å². The highest BCUT2D eigenvalue weighted by Crippen LogP contribution is 2.33. The van der Waals surface area contributed by atoms with Crippen LogP contribution in [0.25, 0.3) is 11.1 Å². The summed E-state index contributed by atoms with van der Waals surface area (Å²) in [6.07, 6.45) is -2.15. The molecule has 0 bridgehead atoms. The number of anilines is 1. The minimum atomic E-state index is -4.58. The lowest BCUT2D eigenvalue weighted by Gasteiger charge is -2.20. The molecule has 1 saturated heterocycles. The molecule has 1 aromatic heterocycles. The molecule has 0 spiro atoms. The number of carboxylic acid groups (broad SMARTS) is 1. The largest absolute Gasteiger partial charge is 0.483 e. The van der Waals surface area contributed by atoms with E-state index in [1.165, 1.54) is 6.20 Å². The topological polar surface area (TPSA) is 78.4 Å². The Bertz CT molecular complexity index is 874. The maximum atomic E-state index is 14.2. The smallest absolute Gasteiger partial charge is 0.416 e. The zero-order valence-electron chi connectivity index (χ0n) is 16.9. The van der Waals surface area contributed by atoms with E-state index >= 15 is 0 Å². The molecule has 2 aromatic rings. The molecule has 2 N–H and O–H groups in total. The number of aryl methyl sites for hydroxylation is 1. The number of carbonyl (C=O) groups is 1. The summed E-state index contributed by atoms with van der Waals surface area (Å²) in [4.78, 5) is 19.3. The van der Waals surface area contributed by atoms with E-state index < -0.39 is 17.6 Å². The molecule has 1 atom stereocenters. The lowest BCUT2D eigenvalue weighted by Crippen LogP contribution is -2.31. The van der Waals surface area contributed by atoms with Crippen molar-refractivity contribution in [2.24, 2.45) is 0 Å². The van der Waals surface area contributed by atoms with Crippen molar-refractivity contribution >= 4 is 12.4 Å². The maximum absolute atomic E-state index is 14.2. The van der Waals surface area contributed by atoms with Crippen LogP contribution in [0, 0.1) is 12.7 Å². The van der Waals surface area contributed by atoms with Crippen LogP contribution in [-0.4, -0.2) is 51.6 Å². The third kappa shape index (κ3) is 5.88. The fourth-order valence-corrected chi connectivity index (χ4v) is 3.27. The Hall–Kier alpha value is -2.75. The summed E-state index contributed by atoms with van der Waals surface area (Å²) in [6, 6.07) is 3.20. The van der Waals surface area contributed by atoms with Crippen molar-refractivity contribution in [2.45, 2.75) is 45.5 Å². The summed E-state index contributed by atoms with van der Waals surface area (Å²) in [5.74, 6) is -0.500. The first-order valence-electron chi connectivity index (χ1n) is 9.36. The van der Waals surface area contributed by atoms with Crippen LogP contribution in [0.4, 0.5) is 23.5 Å². The van der Waals surface area contributed by atoms with Crippen LogP contribution in [0.3, 0.4) is 0 Å². The van der Waals surface area contributed by atoms with Crippen LogP contribution < -0.4 is 5.32 Å². The van der Waals surface area contributed by atoms with E-state index in [4.69, 9.17) is 9.90 Å². The summed E-state index contributed by atoms with van der Waals surface area (Å²) in [5.41, 5.74) is -0.0812. The number of hydrogen-bond acceptors (Lipinski definition) is 5. The minimum absolute atomic E-state index is 0.0545. The zero-order valence-corrected chi connectivity index (χ0v) is 16.9. The highest BCUT2D eigenvalue weighted by molar-refractivity contribution is 5.66. The van der Waals surface area contributed by atoms with Crippen molar-refractivity contribution in [3.05, 3.63) is 41.5 Å². The van der Waals surface area contributed by atoms with Gasteiger partial charge >= 0.3 is 6.18 Å². The van der Waals surface area contributed by atoms with Gasteiger partial charge in [0.15, 0.2) is 0 Å². The van der Waals surface area contributed by atoms with Gasteiger partial charge < -0.3 is 10.4 Å². The fourth-order valence-electron chi connectivity index (χ4n) is 3.27. The predicted molar refractivity (Wildman–Crippen MR) is 105 cm³/mol. The zero-order chi connectivity index (χ0) is 22.5. The average molecular weight is 428 g/mol. The van der Waals surface area contributed by atoms with Crippen LogP contribution in [0.1, 0.15) is 31.5 Å². The van der Waals surface area contributed by atoms with Gasteiger partial charge in [0.25, 0.3) is 6.47 Å². The van der Waals surface area contributed by atoms with Crippen molar-refractivity contribution in [1.82, 2.24) is 14.9 Å². The summed E-state index contributed by atoms with van der Waals surface area (Å²) >= 11 is 0. The van der Waals surface area contributed by atoms with Gasteiger partial charge in [-0.05, 0) is 39.3 Å². The number of nitrogens with zero attached hydrogens (tertiary/aromatic N) is 3. The lowest BCUT2D eigenvalue weighted by molar-refractivity contribution is -0.137. The number of hydrogen-bond donors (Lipinski definition) is 2. The summed E-state index contributed by atoms with van der Waals surface area (Å²) in [7, 11) is 0. The third-order valence-electron chi connectivity index (χ3n) is 4.85. The highest BCUT2D eigenvalue weighted by Gasteiger charge is 2.31. The average Bonchev–Trinajstić information content (AvgIpc) is 3.11. The molecular weight excluding hydrogens is 404 g/mol. The van der Waals surface area contributed by atoms with E-state index in [0.717, 1.165) is 31.6 Å². The van der Waals surface area contributed by atoms with Gasteiger partial charge in [-0.25, -0.2) is 14.4 Å².